The van der Waals surface area contributed by atoms with Crippen molar-refractivity contribution in [2.24, 2.45) is 5.92 Å². The molecular formula is C12H22BrN3. The van der Waals surface area contributed by atoms with Crippen LogP contribution in [0.15, 0.2) is 4.47 Å². The van der Waals surface area contributed by atoms with Crippen LogP contribution in [0.1, 0.15) is 31.7 Å². The van der Waals surface area contributed by atoms with Crippen LogP contribution in [0.5, 0.6) is 0 Å². The molecule has 1 aromatic heterocycles. The molecule has 1 heterocycles. The van der Waals surface area contributed by atoms with Gasteiger partial charge in [-0.1, -0.05) is 13.8 Å². The minimum atomic E-state index is 0.773. The summed E-state index contributed by atoms with van der Waals surface area (Å²) in [5.41, 5.74) is 2.28. The molecule has 0 saturated heterocycles. The third-order valence-corrected chi connectivity index (χ3v) is 3.84. The molecule has 1 N–H and O–H groups in total. The molecule has 1 aromatic rings. The minimum Gasteiger partial charge on any atom is -0.315 e. The van der Waals surface area contributed by atoms with Gasteiger partial charge in [0.2, 0.25) is 0 Å². The number of nitrogens with zero attached hydrogens (tertiary/aromatic N) is 2. The Balaban J connectivity index is 2.29. The molecule has 0 radical (unpaired) electrons. The third kappa shape index (κ3) is 3.91. The Morgan fingerprint density at radius 2 is 2.00 bits per heavy atom. The summed E-state index contributed by atoms with van der Waals surface area (Å²) in [5, 5.41) is 7.92. The minimum absolute atomic E-state index is 0.773. The fourth-order valence-corrected chi connectivity index (χ4v) is 1.88. The van der Waals surface area contributed by atoms with E-state index in [0.29, 0.717) is 0 Å². The lowest BCUT2D eigenvalue weighted by Crippen LogP contribution is -2.22. The van der Waals surface area contributed by atoms with Crippen molar-refractivity contribution in [3.05, 3.63) is 15.9 Å². The van der Waals surface area contributed by atoms with Crippen molar-refractivity contribution in [1.29, 1.82) is 0 Å². The van der Waals surface area contributed by atoms with Gasteiger partial charge in [-0.15, -0.1) is 0 Å². The molecule has 0 unspecified atom stereocenters. The molecule has 4 heteroatoms. The number of hydrogen-bond donors (Lipinski definition) is 1. The molecule has 0 bridgehead atoms. The van der Waals surface area contributed by atoms with Crippen LogP contribution in [0.25, 0.3) is 0 Å². The number of hydrogen-bond acceptors (Lipinski definition) is 2. The van der Waals surface area contributed by atoms with Gasteiger partial charge in [-0.2, -0.15) is 5.10 Å². The Morgan fingerprint density at radius 1 is 1.31 bits per heavy atom. The van der Waals surface area contributed by atoms with Crippen molar-refractivity contribution in [3.63, 3.8) is 0 Å². The number of halogens is 1. The van der Waals surface area contributed by atoms with Gasteiger partial charge in [0.25, 0.3) is 0 Å². The molecule has 0 aliphatic heterocycles. The molecule has 0 aliphatic rings. The topological polar surface area (TPSA) is 29.9 Å². The maximum Gasteiger partial charge on any atom is 0.0738 e. The zero-order valence-electron chi connectivity index (χ0n) is 10.7. The van der Waals surface area contributed by atoms with Crippen LogP contribution in [0.2, 0.25) is 0 Å². The van der Waals surface area contributed by atoms with Crippen molar-refractivity contribution in [1.82, 2.24) is 15.1 Å². The lowest BCUT2D eigenvalue weighted by atomic mass is 10.1. The normalized spacial score (nSPS) is 11.4. The van der Waals surface area contributed by atoms with Crippen molar-refractivity contribution >= 4 is 15.9 Å². The maximum absolute atomic E-state index is 4.47. The van der Waals surface area contributed by atoms with Crippen LogP contribution in [-0.2, 0) is 6.54 Å². The molecule has 0 atom stereocenters. The van der Waals surface area contributed by atoms with E-state index in [-0.39, 0.29) is 0 Å². The lowest BCUT2D eigenvalue weighted by molar-refractivity contribution is 0.500. The van der Waals surface area contributed by atoms with Crippen LogP contribution in [0, 0.1) is 19.8 Å². The van der Waals surface area contributed by atoms with Gasteiger partial charge in [0.05, 0.1) is 16.7 Å². The second kappa shape index (κ2) is 6.40. The Morgan fingerprint density at radius 3 is 2.50 bits per heavy atom. The SMILES string of the molecule is Cc1nn(CCNCCC(C)C)c(C)c1Br. The molecule has 16 heavy (non-hydrogen) atoms. The van der Waals surface area contributed by atoms with Crippen LogP contribution in [-0.4, -0.2) is 22.9 Å². The first kappa shape index (κ1) is 13.7. The van der Waals surface area contributed by atoms with Gasteiger partial charge in [-0.3, -0.25) is 4.68 Å². The Bertz CT molecular complexity index is 331. The molecule has 0 aliphatic carbocycles. The number of nitrogens with one attached hydrogen (secondary N) is 1. The van der Waals surface area contributed by atoms with E-state index < -0.39 is 0 Å². The first-order valence-corrected chi connectivity index (χ1v) is 6.72. The van der Waals surface area contributed by atoms with Crippen molar-refractivity contribution in [3.8, 4) is 0 Å². The molecule has 0 amide bonds. The molecule has 0 saturated carbocycles. The summed E-state index contributed by atoms with van der Waals surface area (Å²) in [6.45, 7) is 11.6. The van der Waals surface area contributed by atoms with Crippen molar-refractivity contribution in [2.75, 3.05) is 13.1 Å². The number of aromatic nitrogens is 2. The van der Waals surface area contributed by atoms with E-state index in [1.807, 2.05) is 6.92 Å². The largest absolute Gasteiger partial charge is 0.315 e. The van der Waals surface area contributed by atoms with Crippen LogP contribution < -0.4 is 5.32 Å². The monoisotopic (exact) mass is 287 g/mol. The third-order valence-electron chi connectivity index (χ3n) is 2.69. The molecular weight excluding hydrogens is 266 g/mol. The van der Waals surface area contributed by atoms with Gasteiger partial charge in [0.1, 0.15) is 0 Å². The first-order chi connectivity index (χ1) is 7.52. The number of aryl methyl sites for hydroxylation is 1. The smallest absolute Gasteiger partial charge is 0.0738 e. The van der Waals surface area contributed by atoms with E-state index in [1.54, 1.807) is 0 Å². The van der Waals surface area contributed by atoms with E-state index in [4.69, 9.17) is 0 Å². The van der Waals surface area contributed by atoms with E-state index >= 15 is 0 Å². The van der Waals surface area contributed by atoms with E-state index in [0.717, 1.165) is 35.7 Å². The van der Waals surface area contributed by atoms with Gasteiger partial charge in [-0.05, 0) is 48.7 Å². The average molecular weight is 288 g/mol. The van der Waals surface area contributed by atoms with E-state index in [1.165, 1.54) is 12.1 Å². The predicted octanol–water partition coefficient (Wildman–Crippen LogP) is 2.90. The van der Waals surface area contributed by atoms with Gasteiger partial charge >= 0.3 is 0 Å². The molecule has 92 valence electrons. The Kier molecular flexibility index (Phi) is 5.49. The highest BCUT2D eigenvalue weighted by Crippen LogP contribution is 2.19. The molecule has 0 aromatic carbocycles. The average Bonchev–Trinajstić information content (AvgIpc) is 2.45. The highest BCUT2D eigenvalue weighted by Gasteiger charge is 2.07. The molecule has 1 rings (SSSR count). The zero-order valence-corrected chi connectivity index (χ0v) is 12.3. The second-order valence-electron chi connectivity index (χ2n) is 4.64. The lowest BCUT2D eigenvalue weighted by Gasteiger charge is -2.08. The Labute approximate surface area is 107 Å². The summed E-state index contributed by atoms with van der Waals surface area (Å²) >= 11 is 3.54. The van der Waals surface area contributed by atoms with E-state index in [9.17, 15) is 0 Å². The van der Waals surface area contributed by atoms with Gasteiger partial charge in [0, 0.05) is 12.2 Å². The van der Waals surface area contributed by atoms with Crippen molar-refractivity contribution in [2.45, 2.75) is 40.7 Å². The van der Waals surface area contributed by atoms with Gasteiger partial charge < -0.3 is 5.32 Å². The second-order valence-corrected chi connectivity index (χ2v) is 5.43. The predicted molar refractivity (Wildman–Crippen MR) is 71.7 cm³/mol. The summed E-state index contributed by atoms with van der Waals surface area (Å²) in [6.07, 6.45) is 1.24. The molecule has 0 spiro atoms. The summed E-state index contributed by atoms with van der Waals surface area (Å²) < 4.78 is 3.19. The number of rotatable bonds is 6. The van der Waals surface area contributed by atoms with Crippen LogP contribution >= 0.6 is 15.9 Å². The van der Waals surface area contributed by atoms with Crippen LogP contribution in [0.3, 0.4) is 0 Å². The first-order valence-electron chi connectivity index (χ1n) is 5.92. The fourth-order valence-electron chi connectivity index (χ4n) is 1.59. The highest BCUT2D eigenvalue weighted by atomic mass is 79.9. The van der Waals surface area contributed by atoms with Crippen LogP contribution in [0.4, 0.5) is 0 Å². The summed E-state index contributed by atoms with van der Waals surface area (Å²) in [5.74, 6) is 0.773. The quantitative estimate of drug-likeness (QED) is 0.816. The van der Waals surface area contributed by atoms with Crippen molar-refractivity contribution < 1.29 is 0 Å². The van der Waals surface area contributed by atoms with E-state index in [2.05, 4.69) is 51.8 Å². The zero-order chi connectivity index (χ0) is 12.1. The standard InChI is InChI=1S/C12H22BrN3/c1-9(2)5-6-14-7-8-16-11(4)12(13)10(3)15-16/h9,14H,5-8H2,1-4H3. The maximum atomic E-state index is 4.47. The molecule has 3 nitrogen and oxygen atoms in total. The van der Waals surface area contributed by atoms with Gasteiger partial charge in [0.15, 0.2) is 0 Å². The summed E-state index contributed by atoms with van der Waals surface area (Å²) in [7, 11) is 0. The summed E-state index contributed by atoms with van der Waals surface area (Å²) in [4.78, 5) is 0. The molecule has 0 fully saturated rings. The summed E-state index contributed by atoms with van der Waals surface area (Å²) in [6, 6.07) is 0. The Hall–Kier alpha value is -0.350. The van der Waals surface area contributed by atoms with Gasteiger partial charge in [-0.25, -0.2) is 0 Å². The fraction of sp³-hybridized carbons (Fsp3) is 0.750. The highest BCUT2D eigenvalue weighted by molar-refractivity contribution is 9.10.